The van der Waals surface area contributed by atoms with E-state index in [-0.39, 0.29) is 41.9 Å². The van der Waals surface area contributed by atoms with Crippen molar-refractivity contribution in [3.8, 4) is 0 Å². The van der Waals surface area contributed by atoms with Crippen LogP contribution in [0.2, 0.25) is 0 Å². The van der Waals surface area contributed by atoms with Gasteiger partial charge in [-0.1, -0.05) is 31.0 Å². The monoisotopic (exact) mass is 501 g/mol. The van der Waals surface area contributed by atoms with Crippen LogP contribution in [0.25, 0.3) is 0 Å². The molecule has 1 saturated heterocycles. The van der Waals surface area contributed by atoms with Gasteiger partial charge in [0.05, 0.1) is 11.5 Å². The third-order valence-corrected chi connectivity index (χ3v) is 6.98. The fourth-order valence-electron chi connectivity index (χ4n) is 4.98. The topological polar surface area (TPSA) is 78.5 Å². The lowest BCUT2D eigenvalue weighted by Crippen LogP contribution is -2.55. The predicted molar refractivity (Wildman–Crippen MR) is 128 cm³/mol. The summed E-state index contributed by atoms with van der Waals surface area (Å²) in [6, 6.07) is 12.7. The lowest BCUT2D eigenvalue weighted by atomic mass is 9.88. The van der Waals surface area contributed by atoms with Crippen molar-refractivity contribution in [2.75, 3.05) is 13.1 Å². The van der Waals surface area contributed by atoms with Crippen molar-refractivity contribution in [3.63, 3.8) is 0 Å². The average Bonchev–Trinajstić information content (AvgIpc) is 2.89. The Morgan fingerprint density at radius 1 is 0.778 bits per heavy atom. The highest BCUT2D eigenvalue weighted by Gasteiger charge is 2.34. The number of amides is 3. The predicted octanol–water partition coefficient (Wildman–Crippen LogP) is 4.42. The quantitative estimate of drug-likeness (QED) is 0.637. The molecular weight excluding hydrogens is 471 g/mol. The van der Waals surface area contributed by atoms with Crippen LogP contribution < -0.4 is 10.6 Å². The number of likely N-dealkylation sites (tertiary alicyclic amines) is 1. The van der Waals surface area contributed by atoms with Gasteiger partial charge in [-0.05, 0) is 62.1 Å². The number of nitrogens with zero attached hydrogens (tertiary/aromatic N) is 1. The van der Waals surface area contributed by atoms with E-state index in [9.17, 15) is 27.6 Å². The van der Waals surface area contributed by atoms with Crippen LogP contribution >= 0.6 is 0 Å². The van der Waals surface area contributed by atoms with Gasteiger partial charge in [0, 0.05) is 36.3 Å². The minimum atomic E-state index is -4.46. The van der Waals surface area contributed by atoms with Gasteiger partial charge in [-0.25, -0.2) is 0 Å². The molecule has 0 radical (unpaired) electrons. The second-order valence-corrected chi connectivity index (χ2v) is 9.51. The van der Waals surface area contributed by atoms with Crippen LogP contribution in [0.5, 0.6) is 0 Å². The number of carbonyl (C=O) groups is 3. The molecule has 0 unspecified atom stereocenters. The standard InChI is InChI=1S/C27H30F3N3O3/c28-27(29,30)21-14-12-19(13-15-21)26(36)33-16-6-9-20(17-33)25(35)32-23-11-5-4-10-22(23)31-24(34)18-7-2-1-3-8-18/h1-3,7-8,12-15,20,22-23H,4-6,9-11,16-17H2,(H,31,34)(H,32,35)/t20-,22-,23-/m1/s1. The first-order valence-corrected chi connectivity index (χ1v) is 12.3. The molecule has 0 bridgehead atoms. The van der Waals surface area contributed by atoms with Gasteiger partial charge in [-0.3, -0.25) is 14.4 Å². The van der Waals surface area contributed by atoms with Crippen molar-refractivity contribution in [1.82, 2.24) is 15.5 Å². The second kappa shape index (κ2) is 11.1. The highest BCUT2D eigenvalue weighted by atomic mass is 19.4. The molecule has 0 aromatic heterocycles. The minimum Gasteiger partial charge on any atom is -0.351 e. The number of halogens is 3. The number of hydrogen-bond acceptors (Lipinski definition) is 3. The molecule has 6 nitrogen and oxygen atoms in total. The zero-order chi connectivity index (χ0) is 25.7. The molecule has 1 aliphatic carbocycles. The molecule has 1 heterocycles. The van der Waals surface area contributed by atoms with Crippen molar-refractivity contribution in [2.45, 2.75) is 56.8 Å². The van der Waals surface area contributed by atoms with E-state index in [1.807, 2.05) is 6.07 Å². The molecule has 2 aromatic rings. The van der Waals surface area contributed by atoms with E-state index < -0.39 is 17.7 Å². The number of rotatable bonds is 5. The van der Waals surface area contributed by atoms with Crippen LogP contribution in [-0.2, 0) is 11.0 Å². The molecule has 2 fully saturated rings. The zero-order valence-corrected chi connectivity index (χ0v) is 19.9. The van der Waals surface area contributed by atoms with Gasteiger partial charge in [0.1, 0.15) is 0 Å². The Morgan fingerprint density at radius 3 is 2.06 bits per heavy atom. The fraction of sp³-hybridized carbons (Fsp3) is 0.444. The Bertz CT molecular complexity index is 1070. The van der Waals surface area contributed by atoms with E-state index >= 15 is 0 Å². The molecule has 1 saturated carbocycles. The Labute approximate surface area is 208 Å². The second-order valence-electron chi connectivity index (χ2n) is 9.51. The van der Waals surface area contributed by atoms with Crippen LogP contribution in [-0.4, -0.2) is 47.8 Å². The first-order valence-electron chi connectivity index (χ1n) is 12.3. The largest absolute Gasteiger partial charge is 0.416 e. The van der Waals surface area contributed by atoms with Crippen LogP contribution in [0, 0.1) is 5.92 Å². The van der Waals surface area contributed by atoms with Crippen molar-refractivity contribution in [2.24, 2.45) is 5.92 Å². The maximum Gasteiger partial charge on any atom is 0.416 e. The lowest BCUT2D eigenvalue weighted by molar-refractivity contribution is -0.137. The molecular formula is C27H30F3N3O3. The fourth-order valence-corrected chi connectivity index (χ4v) is 4.98. The van der Waals surface area contributed by atoms with Crippen molar-refractivity contribution >= 4 is 17.7 Å². The summed E-state index contributed by atoms with van der Waals surface area (Å²) in [4.78, 5) is 40.2. The van der Waals surface area contributed by atoms with Crippen molar-refractivity contribution < 1.29 is 27.6 Å². The molecule has 4 rings (SSSR count). The molecule has 9 heteroatoms. The molecule has 192 valence electrons. The van der Waals surface area contributed by atoms with E-state index in [0.29, 0.717) is 24.9 Å². The smallest absolute Gasteiger partial charge is 0.351 e. The molecule has 36 heavy (non-hydrogen) atoms. The lowest BCUT2D eigenvalue weighted by Gasteiger charge is -2.36. The highest BCUT2D eigenvalue weighted by Crippen LogP contribution is 2.29. The minimum absolute atomic E-state index is 0.161. The SMILES string of the molecule is O=C(N[C@@H]1CCCC[C@H]1NC(=O)[C@@H]1CCCN(C(=O)c2ccc(C(F)(F)F)cc2)C1)c1ccccc1. The van der Waals surface area contributed by atoms with Gasteiger partial charge in [0.25, 0.3) is 11.8 Å². The van der Waals surface area contributed by atoms with Gasteiger partial charge in [-0.2, -0.15) is 13.2 Å². The number of alkyl halides is 3. The van der Waals surface area contributed by atoms with Crippen LogP contribution in [0.3, 0.4) is 0 Å². The summed E-state index contributed by atoms with van der Waals surface area (Å²) in [5, 5.41) is 6.16. The Morgan fingerprint density at radius 2 is 1.42 bits per heavy atom. The summed E-state index contributed by atoms with van der Waals surface area (Å²) >= 11 is 0. The normalized spacial score (nSPS) is 22.5. The molecule has 2 aliphatic rings. The van der Waals surface area contributed by atoms with E-state index in [0.717, 1.165) is 37.8 Å². The summed E-state index contributed by atoms with van der Waals surface area (Å²) in [7, 11) is 0. The number of nitrogens with one attached hydrogen (secondary N) is 2. The third kappa shape index (κ3) is 6.25. The van der Waals surface area contributed by atoms with Gasteiger partial charge in [0.2, 0.25) is 5.91 Å². The maximum absolute atomic E-state index is 13.1. The van der Waals surface area contributed by atoms with Crippen molar-refractivity contribution in [1.29, 1.82) is 0 Å². The summed E-state index contributed by atoms with van der Waals surface area (Å²) in [5.41, 5.74) is -0.0748. The van der Waals surface area contributed by atoms with E-state index in [4.69, 9.17) is 0 Å². The number of hydrogen-bond donors (Lipinski definition) is 2. The summed E-state index contributed by atoms with van der Waals surface area (Å²) in [5.74, 6) is -1.13. The van der Waals surface area contributed by atoms with Gasteiger partial charge in [-0.15, -0.1) is 0 Å². The van der Waals surface area contributed by atoms with Gasteiger partial charge < -0.3 is 15.5 Å². The van der Waals surface area contributed by atoms with Gasteiger partial charge in [0.15, 0.2) is 0 Å². The van der Waals surface area contributed by atoms with Gasteiger partial charge >= 0.3 is 6.18 Å². The molecule has 2 aromatic carbocycles. The van der Waals surface area contributed by atoms with Crippen LogP contribution in [0.4, 0.5) is 13.2 Å². The number of carbonyl (C=O) groups excluding carboxylic acids is 3. The van der Waals surface area contributed by atoms with E-state index in [1.54, 1.807) is 24.3 Å². The molecule has 2 N–H and O–H groups in total. The first kappa shape index (κ1) is 25.7. The summed E-state index contributed by atoms with van der Waals surface area (Å²) in [6.07, 6.45) is 0.225. The van der Waals surface area contributed by atoms with Crippen molar-refractivity contribution in [3.05, 3.63) is 71.3 Å². The third-order valence-electron chi connectivity index (χ3n) is 6.98. The summed E-state index contributed by atoms with van der Waals surface area (Å²) in [6.45, 7) is 0.655. The highest BCUT2D eigenvalue weighted by molar-refractivity contribution is 5.95. The zero-order valence-electron chi connectivity index (χ0n) is 19.9. The number of benzene rings is 2. The van der Waals surface area contributed by atoms with E-state index in [1.165, 1.54) is 17.0 Å². The van der Waals surface area contributed by atoms with Crippen LogP contribution in [0.15, 0.2) is 54.6 Å². The van der Waals surface area contributed by atoms with E-state index in [2.05, 4.69) is 10.6 Å². The number of piperidine rings is 1. The Kier molecular flexibility index (Phi) is 7.96. The molecule has 3 atom stereocenters. The molecule has 0 spiro atoms. The Hall–Kier alpha value is -3.36. The molecule has 1 aliphatic heterocycles. The summed E-state index contributed by atoms with van der Waals surface area (Å²) < 4.78 is 38.5. The first-order chi connectivity index (χ1) is 17.2. The van der Waals surface area contributed by atoms with Crippen LogP contribution in [0.1, 0.15) is 64.8 Å². The Balaban J connectivity index is 1.36. The average molecular weight is 502 g/mol. The molecule has 3 amide bonds. The maximum atomic E-state index is 13.1.